The monoisotopic (exact) mass is 226 g/mol. The van der Waals surface area contributed by atoms with E-state index >= 15 is 0 Å². The third-order valence-corrected chi connectivity index (χ3v) is 2.23. The molecule has 16 heavy (non-hydrogen) atoms. The molecular weight excluding hydrogens is 208 g/mol. The van der Waals surface area contributed by atoms with Crippen molar-refractivity contribution in [2.75, 3.05) is 20.8 Å². The molecule has 0 fully saturated rings. The van der Waals surface area contributed by atoms with Crippen molar-refractivity contribution in [3.63, 3.8) is 0 Å². The van der Waals surface area contributed by atoms with Crippen molar-refractivity contribution >= 4 is 5.91 Å². The van der Waals surface area contributed by atoms with Gasteiger partial charge in [0.15, 0.2) is 0 Å². The number of carbonyl (C=O) groups excluding carboxylic acids is 1. The Morgan fingerprint density at radius 3 is 2.81 bits per heavy atom. The Bertz CT molecular complexity index is 349. The maximum Gasteiger partial charge on any atom is 0.242 e. The lowest BCUT2D eigenvalue weighted by atomic mass is 10.3. The van der Waals surface area contributed by atoms with Crippen LogP contribution in [-0.2, 0) is 16.1 Å². The Kier molecular flexibility index (Phi) is 4.52. The molecule has 1 unspecified atom stereocenters. The summed E-state index contributed by atoms with van der Waals surface area (Å²) in [5, 5.41) is 0. The lowest BCUT2D eigenvalue weighted by Gasteiger charge is -2.19. The molecule has 1 aromatic rings. The van der Waals surface area contributed by atoms with E-state index in [1.54, 1.807) is 7.05 Å². The molecule has 1 amide bonds. The number of amides is 1. The van der Waals surface area contributed by atoms with Crippen LogP contribution in [0.5, 0.6) is 0 Å². The van der Waals surface area contributed by atoms with E-state index in [-0.39, 0.29) is 12.5 Å². The number of nitrogens with zero attached hydrogens (tertiary/aromatic N) is 1. The Morgan fingerprint density at radius 1 is 1.62 bits per heavy atom. The van der Waals surface area contributed by atoms with Crippen LogP contribution in [0.25, 0.3) is 0 Å². The average molecular weight is 226 g/mol. The van der Waals surface area contributed by atoms with E-state index in [1.807, 2.05) is 19.1 Å². The average Bonchev–Trinajstić information content (AvgIpc) is 2.63. The molecule has 2 N–H and O–H groups in total. The molecule has 0 radical (unpaired) electrons. The summed E-state index contributed by atoms with van der Waals surface area (Å²) in [5.41, 5.74) is 5.64. The number of hydrogen-bond donors (Lipinski definition) is 1. The molecule has 0 aromatic carbocycles. The molecule has 1 heterocycles. The fraction of sp³-hybridized carbons (Fsp3) is 0.545. The first-order chi connectivity index (χ1) is 7.54. The molecule has 5 heteroatoms. The third-order valence-electron chi connectivity index (χ3n) is 2.23. The first-order valence-electron chi connectivity index (χ1n) is 5.09. The molecule has 0 aliphatic rings. The van der Waals surface area contributed by atoms with Crippen molar-refractivity contribution in [3.05, 3.63) is 23.7 Å². The van der Waals surface area contributed by atoms with Gasteiger partial charge in [-0.05, 0) is 19.1 Å². The van der Waals surface area contributed by atoms with Gasteiger partial charge in [-0.25, -0.2) is 0 Å². The Balaban J connectivity index is 2.51. The summed E-state index contributed by atoms with van der Waals surface area (Å²) < 4.78 is 10.2. The molecule has 0 aliphatic heterocycles. The second-order valence-electron chi connectivity index (χ2n) is 3.77. The van der Waals surface area contributed by atoms with Gasteiger partial charge in [0.05, 0.1) is 13.2 Å². The summed E-state index contributed by atoms with van der Waals surface area (Å²) in [6.45, 7) is 2.51. The molecule has 0 bridgehead atoms. The number of carbonyl (C=O) groups is 1. The number of hydrogen-bond acceptors (Lipinski definition) is 4. The lowest BCUT2D eigenvalue weighted by Crippen LogP contribution is -2.44. The van der Waals surface area contributed by atoms with Gasteiger partial charge in [0.25, 0.3) is 0 Å². The van der Waals surface area contributed by atoms with Crippen LogP contribution in [0.1, 0.15) is 11.5 Å². The summed E-state index contributed by atoms with van der Waals surface area (Å²) in [6.07, 6.45) is 0. The van der Waals surface area contributed by atoms with E-state index in [0.29, 0.717) is 6.54 Å². The van der Waals surface area contributed by atoms with Crippen LogP contribution in [0.2, 0.25) is 0 Å². The Morgan fingerprint density at radius 2 is 2.31 bits per heavy atom. The third kappa shape index (κ3) is 3.36. The molecule has 0 saturated heterocycles. The summed E-state index contributed by atoms with van der Waals surface area (Å²) in [5.74, 6) is 1.42. The molecule has 0 spiro atoms. The summed E-state index contributed by atoms with van der Waals surface area (Å²) >= 11 is 0. The largest absolute Gasteiger partial charge is 0.464 e. The van der Waals surface area contributed by atoms with Gasteiger partial charge in [-0.15, -0.1) is 0 Å². The minimum Gasteiger partial charge on any atom is -0.464 e. The lowest BCUT2D eigenvalue weighted by molar-refractivity contribution is -0.133. The van der Waals surface area contributed by atoms with Gasteiger partial charge in [-0.2, -0.15) is 0 Å². The van der Waals surface area contributed by atoms with E-state index in [2.05, 4.69) is 0 Å². The number of likely N-dealkylation sites (N-methyl/N-ethyl adjacent to an activating group) is 1. The van der Waals surface area contributed by atoms with Crippen LogP contribution in [0.4, 0.5) is 0 Å². The first kappa shape index (κ1) is 12.7. The van der Waals surface area contributed by atoms with Crippen LogP contribution >= 0.6 is 0 Å². The molecular formula is C11H18N2O3. The zero-order chi connectivity index (χ0) is 12.1. The number of methoxy groups -OCH3 is 1. The molecule has 1 aromatic heterocycles. The molecule has 90 valence electrons. The summed E-state index contributed by atoms with van der Waals surface area (Å²) in [6, 6.07) is 3.09. The molecule has 0 saturated carbocycles. The van der Waals surface area contributed by atoms with Crippen LogP contribution in [0, 0.1) is 6.92 Å². The van der Waals surface area contributed by atoms with Crippen LogP contribution in [-0.4, -0.2) is 37.6 Å². The van der Waals surface area contributed by atoms with Crippen LogP contribution in [0.3, 0.4) is 0 Å². The van der Waals surface area contributed by atoms with E-state index in [0.717, 1.165) is 11.5 Å². The number of rotatable bonds is 5. The van der Waals surface area contributed by atoms with E-state index in [1.165, 1.54) is 12.0 Å². The standard InChI is InChI=1S/C11H18N2O3/c1-8-4-5-9(16-8)6-13(2)11(14)10(12)7-15-3/h4-5,10H,6-7,12H2,1-3H3. The topological polar surface area (TPSA) is 68.7 Å². The molecule has 1 atom stereocenters. The number of ether oxygens (including phenoxy) is 1. The number of aryl methyl sites for hydroxylation is 1. The second kappa shape index (κ2) is 5.67. The van der Waals surface area contributed by atoms with Crippen molar-refractivity contribution < 1.29 is 13.9 Å². The highest BCUT2D eigenvalue weighted by Gasteiger charge is 2.18. The van der Waals surface area contributed by atoms with E-state index in [9.17, 15) is 4.79 Å². The molecule has 1 rings (SSSR count). The van der Waals surface area contributed by atoms with Crippen molar-refractivity contribution in [1.82, 2.24) is 4.90 Å². The normalized spacial score (nSPS) is 12.5. The van der Waals surface area contributed by atoms with Gasteiger partial charge >= 0.3 is 0 Å². The van der Waals surface area contributed by atoms with Crippen molar-refractivity contribution in [2.24, 2.45) is 5.73 Å². The fourth-order valence-electron chi connectivity index (χ4n) is 1.42. The van der Waals surface area contributed by atoms with E-state index in [4.69, 9.17) is 14.9 Å². The van der Waals surface area contributed by atoms with Crippen molar-refractivity contribution in [3.8, 4) is 0 Å². The van der Waals surface area contributed by atoms with E-state index < -0.39 is 6.04 Å². The molecule has 0 aliphatic carbocycles. The highest BCUT2D eigenvalue weighted by molar-refractivity contribution is 5.81. The summed E-state index contributed by atoms with van der Waals surface area (Å²) in [4.78, 5) is 13.3. The number of furan rings is 1. The Labute approximate surface area is 95.2 Å². The van der Waals surface area contributed by atoms with Crippen molar-refractivity contribution in [1.29, 1.82) is 0 Å². The van der Waals surface area contributed by atoms with Gasteiger partial charge in [-0.3, -0.25) is 4.79 Å². The zero-order valence-electron chi connectivity index (χ0n) is 9.90. The molecule has 5 nitrogen and oxygen atoms in total. The highest BCUT2D eigenvalue weighted by Crippen LogP contribution is 2.09. The van der Waals surface area contributed by atoms with Gasteiger partial charge in [0, 0.05) is 14.2 Å². The predicted octanol–water partition coefficient (Wildman–Crippen LogP) is 0.520. The first-order valence-corrected chi connectivity index (χ1v) is 5.09. The summed E-state index contributed by atoms with van der Waals surface area (Å²) in [7, 11) is 3.21. The van der Waals surface area contributed by atoms with Gasteiger partial charge in [0.1, 0.15) is 17.6 Å². The van der Waals surface area contributed by atoms with Gasteiger partial charge in [-0.1, -0.05) is 0 Å². The second-order valence-corrected chi connectivity index (χ2v) is 3.77. The number of nitrogens with two attached hydrogens (primary N) is 1. The quantitative estimate of drug-likeness (QED) is 0.794. The SMILES string of the molecule is COCC(N)C(=O)N(C)Cc1ccc(C)o1. The van der Waals surface area contributed by atoms with Crippen LogP contribution in [0.15, 0.2) is 16.5 Å². The maximum atomic E-state index is 11.7. The predicted molar refractivity (Wildman–Crippen MR) is 59.8 cm³/mol. The van der Waals surface area contributed by atoms with Crippen molar-refractivity contribution in [2.45, 2.75) is 19.5 Å². The zero-order valence-corrected chi connectivity index (χ0v) is 9.90. The smallest absolute Gasteiger partial charge is 0.242 e. The van der Waals surface area contributed by atoms with Crippen LogP contribution < -0.4 is 5.73 Å². The minimum absolute atomic E-state index is 0.157. The maximum absolute atomic E-state index is 11.7. The minimum atomic E-state index is -0.619. The fourth-order valence-corrected chi connectivity index (χ4v) is 1.42. The van der Waals surface area contributed by atoms with Gasteiger partial charge in [0.2, 0.25) is 5.91 Å². The Hall–Kier alpha value is -1.33. The van der Waals surface area contributed by atoms with Gasteiger partial charge < -0.3 is 19.8 Å². The highest BCUT2D eigenvalue weighted by atomic mass is 16.5.